The van der Waals surface area contributed by atoms with Crippen molar-refractivity contribution < 1.29 is 14.3 Å². The highest BCUT2D eigenvalue weighted by molar-refractivity contribution is 6.00. The Morgan fingerprint density at radius 2 is 1.96 bits per heavy atom. The molecule has 4 rings (SSSR count). The normalized spacial score (nSPS) is 18.9. The molecule has 3 heterocycles. The van der Waals surface area contributed by atoms with E-state index in [9.17, 15) is 14.4 Å². The zero-order chi connectivity index (χ0) is 19.5. The Morgan fingerprint density at radius 1 is 1.21 bits per heavy atom. The second-order valence-electron chi connectivity index (χ2n) is 6.76. The maximum atomic E-state index is 12.7. The van der Waals surface area contributed by atoms with E-state index in [1.54, 1.807) is 0 Å². The topological polar surface area (TPSA) is 116 Å². The molecule has 1 aromatic heterocycles. The Balaban J connectivity index is 1.58. The average Bonchev–Trinajstić information content (AvgIpc) is 2.72. The SMILES string of the molecule is O=C1CC(C(=O)NCc2ccccc2)c2c(nc(N3CCOCC3)[nH]c2=O)N1. The van der Waals surface area contributed by atoms with Gasteiger partial charge in [-0.15, -0.1) is 0 Å². The summed E-state index contributed by atoms with van der Waals surface area (Å²) in [5, 5.41) is 5.44. The number of hydrogen-bond donors (Lipinski definition) is 3. The lowest BCUT2D eigenvalue weighted by Crippen LogP contribution is -2.42. The number of ether oxygens (including phenoxy) is 1. The van der Waals surface area contributed by atoms with Gasteiger partial charge in [-0.2, -0.15) is 4.98 Å². The van der Waals surface area contributed by atoms with Gasteiger partial charge in [0, 0.05) is 26.1 Å². The van der Waals surface area contributed by atoms with Crippen LogP contribution in [0.4, 0.5) is 11.8 Å². The van der Waals surface area contributed by atoms with Crippen molar-refractivity contribution in [2.45, 2.75) is 18.9 Å². The number of aromatic amines is 1. The fraction of sp³-hybridized carbons (Fsp3) is 0.368. The van der Waals surface area contributed by atoms with Crippen LogP contribution in [0.5, 0.6) is 0 Å². The van der Waals surface area contributed by atoms with Crippen LogP contribution < -0.4 is 21.1 Å². The summed E-state index contributed by atoms with van der Waals surface area (Å²) in [5.74, 6) is -1.05. The predicted octanol–water partition coefficient (Wildman–Crippen LogP) is 0.349. The Kier molecular flexibility index (Phi) is 5.07. The fourth-order valence-corrected chi connectivity index (χ4v) is 3.42. The molecule has 0 spiro atoms. The molecule has 1 saturated heterocycles. The summed E-state index contributed by atoms with van der Waals surface area (Å²) in [6, 6.07) is 9.44. The number of fused-ring (bicyclic) bond motifs is 1. The van der Waals surface area contributed by atoms with Gasteiger partial charge in [0.15, 0.2) is 0 Å². The van der Waals surface area contributed by atoms with Gasteiger partial charge >= 0.3 is 0 Å². The molecule has 0 radical (unpaired) electrons. The fourth-order valence-electron chi connectivity index (χ4n) is 3.42. The van der Waals surface area contributed by atoms with Crippen LogP contribution in [0, 0.1) is 0 Å². The maximum Gasteiger partial charge on any atom is 0.258 e. The number of benzene rings is 1. The summed E-state index contributed by atoms with van der Waals surface area (Å²) >= 11 is 0. The van der Waals surface area contributed by atoms with Crippen LogP contribution in [0.1, 0.15) is 23.5 Å². The van der Waals surface area contributed by atoms with E-state index in [2.05, 4.69) is 20.6 Å². The molecule has 2 aliphatic rings. The number of nitrogens with one attached hydrogen (secondary N) is 3. The Labute approximate surface area is 161 Å². The Bertz CT molecular complexity index is 937. The van der Waals surface area contributed by atoms with Crippen LogP contribution in [0.15, 0.2) is 35.1 Å². The van der Waals surface area contributed by atoms with Crippen LogP contribution in [-0.2, 0) is 20.9 Å². The highest BCUT2D eigenvalue weighted by atomic mass is 16.5. The summed E-state index contributed by atoms with van der Waals surface area (Å²) in [4.78, 5) is 46.6. The first-order chi connectivity index (χ1) is 13.6. The lowest BCUT2D eigenvalue weighted by atomic mass is 9.92. The molecule has 0 bridgehead atoms. The molecule has 146 valence electrons. The second-order valence-corrected chi connectivity index (χ2v) is 6.76. The number of anilines is 2. The lowest BCUT2D eigenvalue weighted by Gasteiger charge is -2.29. The van der Waals surface area contributed by atoms with E-state index in [0.29, 0.717) is 38.8 Å². The van der Waals surface area contributed by atoms with Crippen LogP contribution >= 0.6 is 0 Å². The summed E-state index contributed by atoms with van der Waals surface area (Å²) in [6.45, 7) is 2.59. The van der Waals surface area contributed by atoms with Crippen LogP contribution in [-0.4, -0.2) is 48.1 Å². The van der Waals surface area contributed by atoms with Crippen LogP contribution in [0.2, 0.25) is 0 Å². The average molecular weight is 383 g/mol. The van der Waals surface area contributed by atoms with Crippen molar-refractivity contribution in [2.24, 2.45) is 0 Å². The molecular formula is C19H21N5O4. The molecule has 28 heavy (non-hydrogen) atoms. The number of H-pyrrole nitrogens is 1. The van der Waals surface area contributed by atoms with Gasteiger partial charge in [0.2, 0.25) is 17.8 Å². The first-order valence-corrected chi connectivity index (χ1v) is 9.20. The largest absolute Gasteiger partial charge is 0.378 e. The highest BCUT2D eigenvalue weighted by Crippen LogP contribution is 2.29. The zero-order valence-electron chi connectivity index (χ0n) is 15.2. The Hall–Kier alpha value is -3.20. The highest BCUT2D eigenvalue weighted by Gasteiger charge is 2.35. The molecule has 2 amide bonds. The van der Waals surface area contributed by atoms with E-state index >= 15 is 0 Å². The van der Waals surface area contributed by atoms with Gasteiger partial charge < -0.3 is 20.3 Å². The quantitative estimate of drug-likeness (QED) is 0.702. The van der Waals surface area contributed by atoms with Crippen molar-refractivity contribution in [1.29, 1.82) is 0 Å². The summed E-state index contributed by atoms with van der Waals surface area (Å²) in [6.07, 6.45) is -0.0880. The second kappa shape index (κ2) is 7.81. The third kappa shape index (κ3) is 3.74. The van der Waals surface area contributed by atoms with Crippen molar-refractivity contribution in [3.8, 4) is 0 Å². The van der Waals surface area contributed by atoms with E-state index in [4.69, 9.17) is 4.74 Å². The number of hydrogen-bond acceptors (Lipinski definition) is 6. The number of carbonyl (C=O) groups is 2. The van der Waals surface area contributed by atoms with Crippen molar-refractivity contribution in [3.05, 3.63) is 51.8 Å². The minimum absolute atomic E-state index is 0.0880. The van der Waals surface area contributed by atoms with Crippen molar-refractivity contribution in [3.63, 3.8) is 0 Å². The molecule has 3 N–H and O–H groups in total. The van der Waals surface area contributed by atoms with E-state index in [0.717, 1.165) is 5.56 Å². The standard InChI is InChI=1S/C19H21N5O4/c25-14-10-13(17(26)20-11-12-4-2-1-3-5-12)15-16(21-14)22-19(23-18(15)27)24-6-8-28-9-7-24/h1-5,13H,6-11H2,(H,20,26)(H2,21,22,23,25,27). The van der Waals surface area contributed by atoms with Gasteiger partial charge in [-0.1, -0.05) is 30.3 Å². The summed E-state index contributed by atoms with van der Waals surface area (Å²) < 4.78 is 5.31. The third-order valence-corrected chi connectivity index (χ3v) is 4.88. The number of aromatic nitrogens is 2. The number of amides is 2. The van der Waals surface area contributed by atoms with Gasteiger partial charge in [0.1, 0.15) is 5.82 Å². The lowest BCUT2D eigenvalue weighted by molar-refractivity contribution is -0.126. The predicted molar refractivity (Wildman–Crippen MR) is 102 cm³/mol. The smallest absolute Gasteiger partial charge is 0.258 e. The molecule has 2 aromatic rings. The number of rotatable bonds is 4. The summed E-state index contributed by atoms with van der Waals surface area (Å²) in [5.41, 5.74) is 0.722. The molecule has 2 aliphatic heterocycles. The molecule has 0 saturated carbocycles. The molecule has 1 aromatic carbocycles. The monoisotopic (exact) mass is 383 g/mol. The van der Waals surface area contributed by atoms with Gasteiger partial charge in [-0.3, -0.25) is 19.4 Å². The molecule has 1 unspecified atom stereocenters. The van der Waals surface area contributed by atoms with Gasteiger partial charge in [-0.25, -0.2) is 0 Å². The van der Waals surface area contributed by atoms with E-state index in [1.807, 2.05) is 35.2 Å². The molecule has 1 atom stereocenters. The minimum atomic E-state index is -0.873. The van der Waals surface area contributed by atoms with Crippen LogP contribution in [0.3, 0.4) is 0 Å². The van der Waals surface area contributed by atoms with E-state index in [-0.39, 0.29) is 29.6 Å². The van der Waals surface area contributed by atoms with E-state index < -0.39 is 11.5 Å². The molecule has 9 heteroatoms. The molecular weight excluding hydrogens is 362 g/mol. The number of nitrogens with zero attached hydrogens (tertiary/aromatic N) is 2. The van der Waals surface area contributed by atoms with Gasteiger partial charge in [0.25, 0.3) is 5.56 Å². The first kappa shape index (κ1) is 18.2. The number of morpholine rings is 1. The first-order valence-electron chi connectivity index (χ1n) is 9.20. The van der Waals surface area contributed by atoms with E-state index in [1.165, 1.54) is 0 Å². The zero-order valence-corrected chi connectivity index (χ0v) is 15.2. The van der Waals surface area contributed by atoms with Crippen molar-refractivity contribution >= 4 is 23.6 Å². The number of carbonyl (C=O) groups excluding carboxylic acids is 2. The molecule has 0 aliphatic carbocycles. The van der Waals surface area contributed by atoms with Crippen molar-refractivity contribution in [1.82, 2.24) is 15.3 Å². The van der Waals surface area contributed by atoms with Gasteiger partial charge in [0.05, 0.1) is 24.7 Å². The van der Waals surface area contributed by atoms with Crippen molar-refractivity contribution in [2.75, 3.05) is 36.5 Å². The van der Waals surface area contributed by atoms with Crippen LogP contribution in [0.25, 0.3) is 0 Å². The maximum absolute atomic E-state index is 12.7. The third-order valence-electron chi connectivity index (χ3n) is 4.88. The minimum Gasteiger partial charge on any atom is -0.378 e. The van der Waals surface area contributed by atoms with Gasteiger partial charge in [-0.05, 0) is 5.56 Å². The Morgan fingerprint density at radius 3 is 2.71 bits per heavy atom. The molecule has 1 fully saturated rings. The summed E-state index contributed by atoms with van der Waals surface area (Å²) in [7, 11) is 0. The molecule has 9 nitrogen and oxygen atoms in total.